The van der Waals surface area contributed by atoms with Crippen LogP contribution in [0.5, 0.6) is 0 Å². The van der Waals surface area contributed by atoms with Crippen LogP contribution in [0.3, 0.4) is 0 Å². The third kappa shape index (κ3) is 6.03. The Bertz CT molecular complexity index is 381. The van der Waals surface area contributed by atoms with Crippen molar-refractivity contribution in [2.24, 2.45) is 0 Å². The summed E-state index contributed by atoms with van der Waals surface area (Å²) < 4.78 is 32.4. The van der Waals surface area contributed by atoms with E-state index in [1.165, 1.54) is 18.2 Å². The molecule has 7 heteroatoms. The van der Waals surface area contributed by atoms with Crippen LogP contribution in [0.2, 0.25) is 5.02 Å². The molecule has 0 fully saturated rings. The Morgan fingerprint density at radius 2 is 2.00 bits per heavy atom. The Balaban J connectivity index is 0.00000144. The Morgan fingerprint density at radius 3 is 2.46 bits per heavy atom. The van der Waals surface area contributed by atoms with Gasteiger partial charge in [0.05, 0.1) is 0 Å². The van der Waals surface area contributed by atoms with E-state index in [-0.39, 0.29) is 57.1 Å². The third-order valence-electron chi connectivity index (χ3n) is 1.07. The SMILES string of the molecule is O=S(=O)([O-])Nc1cccc(Cl)c1.[K+]. The Labute approximate surface area is 124 Å². The van der Waals surface area contributed by atoms with E-state index in [0.717, 1.165) is 0 Å². The predicted octanol–water partition coefficient (Wildman–Crippen LogP) is -1.78. The van der Waals surface area contributed by atoms with E-state index in [4.69, 9.17) is 11.6 Å². The van der Waals surface area contributed by atoms with E-state index < -0.39 is 10.3 Å². The van der Waals surface area contributed by atoms with Gasteiger partial charge in [-0.1, -0.05) is 17.7 Å². The standard InChI is InChI=1S/C6H6ClNO3S.K/c7-5-2-1-3-6(4-5)8-12(9,10)11;/h1-4,8H,(H,9,10,11);/q;+1/p-1. The van der Waals surface area contributed by atoms with Gasteiger partial charge in [0.15, 0.2) is 10.3 Å². The molecule has 1 N–H and O–H groups in total. The van der Waals surface area contributed by atoms with Crippen molar-refractivity contribution in [3.05, 3.63) is 29.3 Å². The zero-order valence-electron chi connectivity index (χ0n) is 6.82. The Morgan fingerprint density at radius 1 is 1.38 bits per heavy atom. The van der Waals surface area contributed by atoms with Crippen LogP contribution in [0, 0.1) is 0 Å². The van der Waals surface area contributed by atoms with Crippen LogP contribution in [-0.2, 0) is 10.3 Å². The molecule has 0 spiro atoms. The maximum Gasteiger partial charge on any atom is 1.00 e. The minimum Gasteiger partial charge on any atom is -0.731 e. The zero-order chi connectivity index (χ0) is 9.19. The van der Waals surface area contributed by atoms with Gasteiger partial charge in [-0.2, -0.15) is 0 Å². The molecule has 0 aliphatic carbocycles. The molecule has 0 aliphatic rings. The van der Waals surface area contributed by atoms with Crippen LogP contribution < -0.4 is 56.1 Å². The van der Waals surface area contributed by atoms with Gasteiger partial charge in [-0.15, -0.1) is 0 Å². The molecule has 0 radical (unpaired) electrons. The van der Waals surface area contributed by atoms with Gasteiger partial charge in [0.25, 0.3) is 0 Å². The fraction of sp³-hybridized carbons (Fsp3) is 0. The van der Waals surface area contributed by atoms with Crippen LogP contribution in [0.15, 0.2) is 24.3 Å². The topological polar surface area (TPSA) is 69.2 Å². The fourth-order valence-corrected chi connectivity index (χ4v) is 1.30. The summed E-state index contributed by atoms with van der Waals surface area (Å²) in [4.78, 5) is 0. The Hall–Kier alpha value is 0.856. The van der Waals surface area contributed by atoms with Gasteiger partial charge in [0.2, 0.25) is 0 Å². The van der Waals surface area contributed by atoms with Crippen molar-refractivity contribution in [2.45, 2.75) is 0 Å². The molecule has 0 aliphatic heterocycles. The fourth-order valence-electron chi connectivity index (χ4n) is 0.696. The van der Waals surface area contributed by atoms with Gasteiger partial charge in [0.1, 0.15) is 0 Å². The summed E-state index contributed by atoms with van der Waals surface area (Å²) in [6.45, 7) is 0. The molecule has 13 heavy (non-hydrogen) atoms. The summed E-state index contributed by atoms with van der Waals surface area (Å²) >= 11 is 5.54. The first-order valence-electron chi connectivity index (χ1n) is 2.96. The van der Waals surface area contributed by atoms with E-state index in [9.17, 15) is 13.0 Å². The summed E-state index contributed by atoms with van der Waals surface area (Å²) in [6.07, 6.45) is 0. The molecule has 0 aromatic heterocycles. The normalized spacial score (nSPS) is 10.3. The summed E-state index contributed by atoms with van der Waals surface area (Å²) in [7, 11) is -4.45. The molecule has 0 saturated heterocycles. The molecule has 0 atom stereocenters. The van der Waals surface area contributed by atoms with Crippen LogP contribution in [-0.4, -0.2) is 13.0 Å². The van der Waals surface area contributed by atoms with Crippen molar-refractivity contribution < 1.29 is 64.4 Å². The quantitative estimate of drug-likeness (QED) is 0.495. The first kappa shape index (κ1) is 13.9. The molecule has 0 unspecified atom stereocenters. The smallest absolute Gasteiger partial charge is 0.731 e. The van der Waals surface area contributed by atoms with E-state index >= 15 is 0 Å². The van der Waals surface area contributed by atoms with Gasteiger partial charge in [0, 0.05) is 10.7 Å². The van der Waals surface area contributed by atoms with Crippen molar-refractivity contribution in [3.63, 3.8) is 0 Å². The number of hydrogen-bond donors (Lipinski definition) is 1. The second-order valence-corrected chi connectivity index (χ2v) is 3.62. The molecule has 0 heterocycles. The van der Waals surface area contributed by atoms with E-state index in [1.807, 2.05) is 0 Å². The molecule has 0 saturated carbocycles. The molecule has 1 aromatic carbocycles. The van der Waals surface area contributed by atoms with Crippen molar-refractivity contribution in [1.82, 2.24) is 0 Å². The van der Waals surface area contributed by atoms with Gasteiger partial charge >= 0.3 is 51.4 Å². The molecule has 1 rings (SSSR count). The molecule has 0 bridgehead atoms. The molecular formula is C6H5ClKNO3S. The van der Waals surface area contributed by atoms with Gasteiger partial charge < -0.3 is 4.55 Å². The number of benzene rings is 1. The second kappa shape index (κ2) is 5.67. The number of rotatable bonds is 2. The summed E-state index contributed by atoms with van der Waals surface area (Å²) in [5, 5.41) is 0.364. The molecule has 4 nitrogen and oxygen atoms in total. The van der Waals surface area contributed by atoms with Gasteiger partial charge in [-0.05, 0) is 18.2 Å². The Kier molecular flexibility index (Phi) is 6.04. The third-order valence-corrected chi connectivity index (χ3v) is 1.79. The summed E-state index contributed by atoms with van der Waals surface area (Å²) in [5.74, 6) is 0. The average molecular weight is 246 g/mol. The monoisotopic (exact) mass is 245 g/mol. The van der Waals surface area contributed by atoms with Crippen LogP contribution in [0.4, 0.5) is 5.69 Å². The molecule has 1 aromatic rings. The molecule has 66 valence electrons. The van der Waals surface area contributed by atoms with Crippen LogP contribution in [0.1, 0.15) is 0 Å². The first-order chi connectivity index (χ1) is 5.47. The van der Waals surface area contributed by atoms with Gasteiger partial charge in [-0.25, -0.2) is 8.42 Å². The summed E-state index contributed by atoms with van der Waals surface area (Å²) in [5.41, 5.74) is 0.164. The number of hydrogen-bond acceptors (Lipinski definition) is 3. The van der Waals surface area contributed by atoms with Gasteiger partial charge in [-0.3, -0.25) is 4.72 Å². The van der Waals surface area contributed by atoms with Crippen LogP contribution in [0.25, 0.3) is 0 Å². The number of nitrogens with one attached hydrogen (secondary N) is 1. The molecular weight excluding hydrogens is 241 g/mol. The maximum atomic E-state index is 10.2. The zero-order valence-corrected chi connectivity index (χ0v) is 11.5. The largest absolute Gasteiger partial charge is 1.00 e. The van der Waals surface area contributed by atoms with Crippen molar-refractivity contribution in [3.8, 4) is 0 Å². The van der Waals surface area contributed by atoms with Crippen molar-refractivity contribution >= 4 is 27.6 Å². The van der Waals surface area contributed by atoms with Crippen LogP contribution >= 0.6 is 11.6 Å². The van der Waals surface area contributed by atoms with Crippen molar-refractivity contribution in [1.29, 1.82) is 0 Å². The minimum atomic E-state index is -4.45. The maximum absolute atomic E-state index is 10.2. The van der Waals surface area contributed by atoms with E-state index in [0.29, 0.717) is 5.02 Å². The van der Waals surface area contributed by atoms with Crippen molar-refractivity contribution in [2.75, 3.05) is 4.72 Å². The molecule has 0 amide bonds. The van der Waals surface area contributed by atoms with E-state index in [2.05, 4.69) is 0 Å². The minimum absolute atomic E-state index is 0. The van der Waals surface area contributed by atoms with E-state index in [1.54, 1.807) is 10.8 Å². The summed E-state index contributed by atoms with van der Waals surface area (Å²) in [6, 6.07) is 5.89. The number of anilines is 1. The predicted molar refractivity (Wildman–Crippen MR) is 44.8 cm³/mol. The second-order valence-electron chi connectivity index (χ2n) is 2.07. The first-order valence-corrected chi connectivity index (χ1v) is 4.75. The number of halogens is 1. The average Bonchev–Trinajstić information content (AvgIpc) is 1.82.